The molecule has 0 amide bonds. The van der Waals surface area contributed by atoms with Gasteiger partial charge in [-0.25, -0.2) is 0 Å². The van der Waals surface area contributed by atoms with Gasteiger partial charge in [0.15, 0.2) is 11.5 Å². The van der Waals surface area contributed by atoms with E-state index in [9.17, 15) is 0 Å². The van der Waals surface area contributed by atoms with Crippen LogP contribution in [0.1, 0.15) is 30.9 Å². The van der Waals surface area contributed by atoms with E-state index in [0.717, 1.165) is 48.2 Å². The number of thioether (sulfide) groups is 1. The fourth-order valence-electron chi connectivity index (χ4n) is 2.61. The van der Waals surface area contributed by atoms with Crippen molar-refractivity contribution in [3.63, 3.8) is 0 Å². The molecule has 0 aromatic heterocycles. The fourth-order valence-corrected chi connectivity index (χ4v) is 3.72. The van der Waals surface area contributed by atoms with Crippen LogP contribution in [0, 0.1) is 0 Å². The predicted octanol–water partition coefficient (Wildman–Crippen LogP) is 2.76. The van der Waals surface area contributed by atoms with E-state index >= 15 is 0 Å². The Hall–Kier alpha value is -0.910. The van der Waals surface area contributed by atoms with Gasteiger partial charge in [-0.2, -0.15) is 11.8 Å². The van der Waals surface area contributed by atoms with E-state index in [-0.39, 0.29) is 6.04 Å². The molecule has 4 nitrogen and oxygen atoms in total. The molecule has 3 rings (SSSR count). The number of hydrogen-bond acceptors (Lipinski definition) is 5. The lowest BCUT2D eigenvalue weighted by molar-refractivity contribution is 0.129. The van der Waals surface area contributed by atoms with Crippen LogP contribution in [0.15, 0.2) is 18.2 Å². The van der Waals surface area contributed by atoms with Crippen LogP contribution in [0.5, 0.6) is 11.5 Å². The molecule has 0 radical (unpaired) electrons. The van der Waals surface area contributed by atoms with Crippen molar-refractivity contribution in [2.75, 3.05) is 31.3 Å². The summed E-state index contributed by atoms with van der Waals surface area (Å²) in [4.78, 5) is 0. The molecule has 1 saturated heterocycles. The Labute approximate surface area is 130 Å². The molecule has 2 aliphatic heterocycles. The molecule has 1 fully saturated rings. The third kappa shape index (κ3) is 4.05. The summed E-state index contributed by atoms with van der Waals surface area (Å²) in [5, 5.41) is 0. The van der Waals surface area contributed by atoms with E-state index in [1.165, 1.54) is 12.8 Å². The molecule has 5 heteroatoms. The monoisotopic (exact) mass is 309 g/mol. The van der Waals surface area contributed by atoms with E-state index < -0.39 is 0 Å². The lowest BCUT2D eigenvalue weighted by Gasteiger charge is -2.16. The molecule has 116 valence electrons. The summed E-state index contributed by atoms with van der Waals surface area (Å²) in [5.74, 6) is 3.60. The molecule has 1 aromatic rings. The average molecular weight is 309 g/mol. The first-order valence-corrected chi connectivity index (χ1v) is 8.83. The van der Waals surface area contributed by atoms with E-state index in [1.807, 2.05) is 30.0 Å². The van der Waals surface area contributed by atoms with Gasteiger partial charge >= 0.3 is 0 Å². The molecule has 0 aliphatic carbocycles. The summed E-state index contributed by atoms with van der Waals surface area (Å²) in [6, 6.07) is 6.07. The third-order valence-electron chi connectivity index (χ3n) is 3.82. The van der Waals surface area contributed by atoms with Crippen molar-refractivity contribution in [1.29, 1.82) is 0 Å². The van der Waals surface area contributed by atoms with E-state index in [2.05, 4.69) is 0 Å². The Morgan fingerprint density at radius 3 is 2.81 bits per heavy atom. The van der Waals surface area contributed by atoms with Gasteiger partial charge in [-0.3, -0.25) is 0 Å². The first kappa shape index (κ1) is 15.0. The minimum atomic E-state index is 0.0218. The van der Waals surface area contributed by atoms with Crippen LogP contribution in [0.3, 0.4) is 0 Å². The molecule has 2 aliphatic rings. The van der Waals surface area contributed by atoms with Crippen molar-refractivity contribution >= 4 is 11.8 Å². The zero-order valence-corrected chi connectivity index (χ0v) is 13.1. The summed E-state index contributed by atoms with van der Waals surface area (Å²) >= 11 is 1.87. The average Bonchev–Trinajstić information content (AvgIpc) is 2.90. The van der Waals surface area contributed by atoms with Crippen molar-refractivity contribution in [2.24, 2.45) is 5.73 Å². The lowest BCUT2D eigenvalue weighted by atomic mass is 10.1. The Morgan fingerprint density at radius 2 is 2.00 bits per heavy atom. The third-order valence-corrected chi connectivity index (χ3v) is 5.03. The standard InChI is InChI=1S/C16H23NO3S/c17-14(11-21-10-13-3-1-6-18-13)12-4-5-15-16(9-12)20-8-2-7-19-15/h4-5,9,13-14H,1-3,6-8,10-11,17H2. The number of ether oxygens (including phenoxy) is 3. The van der Waals surface area contributed by atoms with Crippen molar-refractivity contribution in [3.8, 4) is 11.5 Å². The van der Waals surface area contributed by atoms with Gasteiger partial charge < -0.3 is 19.9 Å². The Morgan fingerprint density at radius 1 is 1.14 bits per heavy atom. The molecular formula is C16H23NO3S. The fraction of sp³-hybridized carbons (Fsp3) is 0.625. The van der Waals surface area contributed by atoms with Crippen LogP contribution >= 0.6 is 11.8 Å². The smallest absolute Gasteiger partial charge is 0.161 e. The predicted molar refractivity (Wildman–Crippen MR) is 85.3 cm³/mol. The van der Waals surface area contributed by atoms with Gasteiger partial charge in [0.1, 0.15) is 0 Å². The number of benzene rings is 1. The highest BCUT2D eigenvalue weighted by molar-refractivity contribution is 7.99. The maximum atomic E-state index is 6.29. The summed E-state index contributed by atoms with van der Waals surface area (Å²) in [7, 11) is 0. The van der Waals surface area contributed by atoms with Crippen molar-refractivity contribution < 1.29 is 14.2 Å². The van der Waals surface area contributed by atoms with Crippen LogP contribution in [-0.2, 0) is 4.74 Å². The zero-order valence-electron chi connectivity index (χ0n) is 12.3. The number of rotatable bonds is 5. The quantitative estimate of drug-likeness (QED) is 0.906. The summed E-state index contributed by atoms with van der Waals surface area (Å²) in [6.07, 6.45) is 3.73. The highest BCUT2D eigenvalue weighted by Crippen LogP contribution is 2.32. The minimum Gasteiger partial charge on any atom is -0.490 e. The number of hydrogen-bond donors (Lipinski definition) is 1. The Bertz CT molecular complexity index is 463. The molecule has 21 heavy (non-hydrogen) atoms. The summed E-state index contributed by atoms with van der Waals surface area (Å²) in [5.41, 5.74) is 7.40. The molecule has 2 atom stereocenters. The topological polar surface area (TPSA) is 53.7 Å². The first-order chi connectivity index (χ1) is 10.3. The second kappa shape index (κ2) is 7.38. The largest absolute Gasteiger partial charge is 0.490 e. The SMILES string of the molecule is NC(CSCC1CCCO1)c1ccc2c(c1)OCCCO2. The Kier molecular flexibility index (Phi) is 5.27. The number of nitrogens with two attached hydrogens (primary N) is 1. The summed E-state index contributed by atoms with van der Waals surface area (Å²) in [6.45, 7) is 2.34. The van der Waals surface area contributed by atoms with Crippen LogP contribution < -0.4 is 15.2 Å². The molecule has 2 heterocycles. The summed E-state index contributed by atoms with van der Waals surface area (Å²) < 4.78 is 17.0. The van der Waals surface area contributed by atoms with Gasteiger partial charge in [0.05, 0.1) is 19.3 Å². The van der Waals surface area contributed by atoms with Gasteiger partial charge in [0.25, 0.3) is 0 Å². The van der Waals surface area contributed by atoms with Crippen LogP contribution in [0.25, 0.3) is 0 Å². The van der Waals surface area contributed by atoms with Crippen LogP contribution in [-0.4, -0.2) is 37.4 Å². The first-order valence-electron chi connectivity index (χ1n) is 7.67. The van der Waals surface area contributed by atoms with E-state index in [4.69, 9.17) is 19.9 Å². The van der Waals surface area contributed by atoms with E-state index in [1.54, 1.807) is 0 Å². The normalized spacial score (nSPS) is 22.8. The molecule has 1 aromatic carbocycles. The van der Waals surface area contributed by atoms with Crippen LogP contribution in [0.4, 0.5) is 0 Å². The molecule has 2 N–H and O–H groups in total. The maximum Gasteiger partial charge on any atom is 0.161 e. The highest BCUT2D eigenvalue weighted by atomic mass is 32.2. The molecule has 2 unspecified atom stereocenters. The van der Waals surface area contributed by atoms with Crippen molar-refractivity contribution in [3.05, 3.63) is 23.8 Å². The molecule has 0 spiro atoms. The van der Waals surface area contributed by atoms with Gasteiger partial charge in [-0.05, 0) is 30.5 Å². The molecule has 0 saturated carbocycles. The maximum absolute atomic E-state index is 6.29. The number of fused-ring (bicyclic) bond motifs is 1. The van der Waals surface area contributed by atoms with Gasteiger partial charge in [-0.1, -0.05) is 6.07 Å². The van der Waals surface area contributed by atoms with Gasteiger partial charge in [-0.15, -0.1) is 0 Å². The van der Waals surface area contributed by atoms with Gasteiger partial charge in [0.2, 0.25) is 0 Å². The van der Waals surface area contributed by atoms with Gasteiger partial charge in [0, 0.05) is 30.6 Å². The second-order valence-corrected chi connectivity index (χ2v) is 6.61. The lowest BCUT2D eigenvalue weighted by Crippen LogP contribution is -2.16. The van der Waals surface area contributed by atoms with Crippen molar-refractivity contribution in [1.82, 2.24) is 0 Å². The minimum absolute atomic E-state index is 0.0218. The van der Waals surface area contributed by atoms with E-state index in [0.29, 0.717) is 12.7 Å². The van der Waals surface area contributed by atoms with Crippen molar-refractivity contribution in [2.45, 2.75) is 31.4 Å². The van der Waals surface area contributed by atoms with Crippen LogP contribution in [0.2, 0.25) is 0 Å². The highest BCUT2D eigenvalue weighted by Gasteiger charge is 2.17. The second-order valence-electron chi connectivity index (χ2n) is 5.54. The Balaban J connectivity index is 1.54. The molecular weight excluding hydrogens is 286 g/mol. The zero-order chi connectivity index (χ0) is 14.5. The molecule has 0 bridgehead atoms.